The Balaban J connectivity index is 1.54. The zero-order chi connectivity index (χ0) is 18.6. The highest BCUT2D eigenvalue weighted by Crippen LogP contribution is 2.38. The second-order valence-corrected chi connectivity index (χ2v) is 6.59. The fourth-order valence-corrected chi connectivity index (χ4v) is 3.47. The van der Waals surface area contributed by atoms with Gasteiger partial charge in [-0.05, 0) is 5.56 Å². The number of ketones is 1. The van der Waals surface area contributed by atoms with Gasteiger partial charge in [-0.15, -0.1) is 5.10 Å². The number of hydrogen-bond acceptors (Lipinski definition) is 5. The van der Waals surface area contributed by atoms with Crippen molar-refractivity contribution in [1.29, 1.82) is 0 Å². The monoisotopic (exact) mass is 363 g/mol. The number of methoxy groups -OCH3 is 1. The number of nitrogens with zero attached hydrogens (tertiary/aromatic N) is 3. The summed E-state index contributed by atoms with van der Waals surface area (Å²) in [7, 11) is 1.64. The Bertz CT molecular complexity index is 909. The number of hydrogen-bond donors (Lipinski definition) is 0. The molecule has 1 aromatic heterocycles. The van der Waals surface area contributed by atoms with E-state index >= 15 is 0 Å². The van der Waals surface area contributed by atoms with Crippen LogP contribution in [0.5, 0.6) is 0 Å². The minimum Gasteiger partial charge on any atom is -0.376 e. The normalized spacial score (nSPS) is 18.4. The van der Waals surface area contributed by atoms with Gasteiger partial charge in [-0.25, -0.2) is 4.68 Å². The van der Waals surface area contributed by atoms with Gasteiger partial charge >= 0.3 is 0 Å². The van der Waals surface area contributed by atoms with Crippen LogP contribution in [0.1, 0.15) is 45.9 Å². The van der Waals surface area contributed by atoms with Gasteiger partial charge in [-0.3, -0.25) is 4.79 Å². The van der Waals surface area contributed by atoms with E-state index in [2.05, 4.69) is 10.3 Å². The lowest BCUT2D eigenvalue weighted by Gasteiger charge is -2.12. The lowest BCUT2D eigenvalue weighted by molar-refractivity contribution is 0.0301. The Labute approximate surface area is 157 Å². The molecule has 0 saturated carbocycles. The number of fused-ring (bicyclic) bond motifs is 1. The number of rotatable bonds is 7. The molecule has 0 unspecified atom stereocenters. The molecule has 0 N–H and O–H groups in total. The van der Waals surface area contributed by atoms with Crippen LogP contribution in [0.15, 0.2) is 60.7 Å². The molecule has 0 radical (unpaired) electrons. The Morgan fingerprint density at radius 3 is 2.52 bits per heavy atom. The lowest BCUT2D eigenvalue weighted by atomic mass is 9.99. The van der Waals surface area contributed by atoms with Crippen LogP contribution in [0.2, 0.25) is 0 Å². The molecular weight excluding hydrogens is 342 g/mol. The molecule has 27 heavy (non-hydrogen) atoms. The molecule has 3 aromatic rings. The summed E-state index contributed by atoms with van der Waals surface area (Å²) < 4.78 is 13.2. The van der Waals surface area contributed by atoms with E-state index in [9.17, 15) is 4.79 Å². The van der Waals surface area contributed by atoms with Gasteiger partial charge in [0.25, 0.3) is 0 Å². The van der Waals surface area contributed by atoms with E-state index in [0.717, 1.165) is 11.3 Å². The molecule has 6 heteroatoms. The summed E-state index contributed by atoms with van der Waals surface area (Å²) in [5, 5.41) is 8.33. The largest absolute Gasteiger partial charge is 0.376 e. The van der Waals surface area contributed by atoms with Gasteiger partial charge in [0.15, 0.2) is 11.9 Å². The van der Waals surface area contributed by atoms with E-state index in [-0.39, 0.29) is 17.9 Å². The van der Waals surface area contributed by atoms with Gasteiger partial charge in [0.1, 0.15) is 0 Å². The third-order valence-corrected chi connectivity index (χ3v) is 4.83. The van der Waals surface area contributed by atoms with Gasteiger partial charge in [0.2, 0.25) is 5.78 Å². The first-order chi connectivity index (χ1) is 13.3. The number of ether oxygens (including phenoxy) is 2. The average Bonchev–Trinajstić information content (AvgIpc) is 3.30. The van der Waals surface area contributed by atoms with Crippen molar-refractivity contribution in [3.8, 4) is 0 Å². The molecule has 0 aliphatic carbocycles. The van der Waals surface area contributed by atoms with E-state index in [1.54, 1.807) is 23.9 Å². The zero-order valence-electron chi connectivity index (χ0n) is 15.1. The van der Waals surface area contributed by atoms with Crippen molar-refractivity contribution in [3.05, 3.63) is 83.2 Å². The van der Waals surface area contributed by atoms with E-state index in [1.807, 2.05) is 48.5 Å². The first kappa shape index (κ1) is 17.6. The Hall–Kier alpha value is -2.83. The highest BCUT2D eigenvalue weighted by atomic mass is 16.5. The standard InChI is InChI=1S/C21H21N3O3/c1-26-18-12-17(14-27-13-15-8-4-2-5-9-15)20-19(22-23-24(18)20)21(25)16-10-6-3-7-11-16/h2-11,17-18H,12-14H2,1H3/t17-,18+/m0/s1. The Morgan fingerprint density at radius 2 is 1.81 bits per heavy atom. The van der Waals surface area contributed by atoms with E-state index in [1.165, 1.54) is 0 Å². The van der Waals surface area contributed by atoms with Crippen molar-refractivity contribution in [3.63, 3.8) is 0 Å². The molecule has 0 saturated heterocycles. The van der Waals surface area contributed by atoms with Crippen molar-refractivity contribution in [1.82, 2.24) is 15.0 Å². The maximum Gasteiger partial charge on any atom is 0.215 e. The summed E-state index contributed by atoms with van der Waals surface area (Å²) in [6, 6.07) is 19.2. The molecular formula is C21H21N3O3. The van der Waals surface area contributed by atoms with Crippen LogP contribution in [-0.2, 0) is 16.1 Å². The van der Waals surface area contributed by atoms with Crippen LogP contribution >= 0.6 is 0 Å². The first-order valence-electron chi connectivity index (χ1n) is 8.97. The number of carbonyl (C=O) groups excluding carboxylic acids is 1. The number of carbonyl (C=O) groups is 1. The molecule has 0 fully saturated rings. The molecule has 2 atom stereocenters. The fraction of sp³-hybridized carbons (Fsp3) is 0.286. The fourth-order valence-electron chi connectivity index (χ4n) is 3.47. The van der Waals surface area contributed by atoms with Crippen LogP contribution in [0.3, 0.4) is 0 Å². The van der Waals surface area contributed by atoms with Gasteiger partial charge in [0.05, 0.1) is 18.9 Å². The van der Waals surface area contributed by atoms with E-state index in [0.29, 0.717) is 30.9 Å². The van der Waals surface area contributed by atoms with Crippen molar-refractivity contribution in [2.75, 3.05) is 13.7 Å². The van der Waals surface area contributed by atoms with Crippen LogP contribution in [0.25, 0.3) is 0 Å². The summed E-state index contributed by atoms with van der Waals surface area (Å²) in [5.74, 6) is -0.113. The molecule has 6 nitrogen and oxygen atoms in total. The topological polar surface area (TPSA) is 66.2 Å². The summed E-state index contributed by atoms with van der Waals surface area (Å²) in [6.07, 6.45) is 0.487. The van der Waals surface area contributed by atoms with E-state index < -0.39 is 0 Å². The molecule has 1 aliphatic rings. The van der Waals surface area contributed by atoms with Crippen molar-refractivity contribution < 1.29 is 14.3 Å². The second kappa shape index (κ2) is 7.82. The molecule has 1 aliphatic heterocycles. The zero-order valence-corrected chi connectivity index (χ0v) is 15.1. The third-order valence-electron chi connectivity index (χ3n) is 4.83. The molecule has 0 bridgehead atoms. The molecule has 0 spiro atoms. The minimum atomic E-state index is -0.227. The van der Waals surface area contributed by atoms with Gasteiger partial charge in [0, 0.05) is 25.0 Å². The maximum absolute atomic E-state index is 12.9. The predicted molar refractivity (Wildman–Crippen MR) is 99.4 cm³/mol. The Kier molecular flexibility index (Phi) is 5.09. The summed E-state index contributed by atoms with van der Waals surface area (Å²) >= 11 is 0. The smallest absolute Gasteiger partial charge is 0.215 e. The van der Waals surface area contributed by atoms with Crippen LogP contribution in [0, 0.1) is 0 Å². The minimum absolute atomic E-state index is 0.0105. The molecule has 4 rings (SSSR count). The van der Waals surface area contributed by atoms with Gasteiger partial charge < -0.3 is 9.47 Å². The molecule has 2 heterocycles. The van der Waals surface area contributed by atoms with E-state index in [4.69, 9.17) is 9.47 Å². The van der Waals surface area contributed by atoms with Crippen molar-refractivity contribution in [2.45, 2.75) is 25.2 Å². The Morgan fingerprint density at radius 1 is 1.11 bits per heavy atom. The molecule has 0 amide bonds. The lowest BCUT2D eigenvalue weighted by Crippen LogP contribution is -2.11. The van der Waals surface area contributed by atoms with Crippen LogP contribution in [-0.4, -0.2) is 34.5 Å². The second-order valence-electron chi connectivity index (χ2n) is 6.59. The molecule has 138 valence electrons. The highest BCUT2D eigenvalue weighted by molar-refractivity contribution is 6.08. The van der Waals surface area contributed by atoms with Crippen molar-refractivity contribution >= 4 is 5.78 Å². The van der Waals surface area contributed by atoms with Gasteiger partial charge in [-0.1, -0.05) is 65.9 Å². The number of benzene rings is 2. The molecule has 2 aromatic carbocycles. The van der Waals surface area contributed by atoms with Crippen molar-refractivity contribution in [2.24, 2.45) is 0 Å². The average molecular weight is 363 g/mol. The SMILES string of the molecule is CO[C@@H]1C[C@@H](COCc2ccccc2)c2c(C(=O)c3ccccc3)nnn21. The quantitative estimate of drug-likeness (QED) is 0.602. The summed E-state index contributed by atoms with van der Waals surface area (Å²) in [4.78, 5) is 12.9. The third kappa shape index (κ3) is 3.54. The summed E-state index contributed by atoms with van der Waals surface area (Å²) in [5.41, 5.74) is 2.90. The van der Waals surface area contributed by atoms with Crippen LogP contribution < -0.4 is 0 Å². The highest BCUT2D eigenvalue weighted by Gasteiger charge is 2.37. The maximum atomic E-state index is 12.9. The summed E-state index contributed by atoms with van der Waals surface area (Å²) in [6.45, 7) is 1.01. The number of aromatic nitrogens is 3. The van der Waals surface area contributed by atoms with Gasteiger partial charge in [-0.2, -0.15) is 0 Å². The predicted octanol–water partition coefficient (Wildman–Crippen LogP) is 3.36. The first-order valence-corrected chi connectivity index (χ1v) is 8.97. The van der Waals surface area contributed by atoms with Crippen LogP contribution in [0.4, 0.5) is 0 Å².